The van der Waals surface area contributed by atoms with E-state index in [0.717, 1.165) is 36.8 Å². The molecule has 1 heterocycles. The van der Waals surface area contributed by atoms with Crippen molar-refractivity contribution < 1.29 is 53.1 Å². The molecule has 2 aromatic carbocycles. The lowest BCUT2D eigenvalue weighted by atomic mass is 9.55. The molecule has 1 fully saturated rings. The van der Waals surface area contributed by atoms with Gasteiger partial charge in [0.05, 0.1) is 44.8 Å². The standard InChI is InChI=1S/C46H63N3O11/c1-9-11-25-56-44(53)49(6)40-29-37(48-60-45(3,4)5)34-26-30(16-12-14-22-50)33(17-13-15-23-51)41-35-27-32(19-21-38(35)59-46(40,42(34)41)57-24-10-2)58-43(52)47-36-20-18-31(54-7)28-39(36)55-8/h9-10,18-21,26-28,30,33,40-42,50-51H,1-2,11-17,22-25,29H2,3-8H3,(H,47,52). The van der Waals surface area contributed by atoms with Gasteiger partial charge in [-0.25, -0.2) is 9.59 Å². The lowest BCUT2D eigenvalue weighted by Crippen LogP contribution is -2.69. The molecule has 3 N–H and O–H groups in total. The van der Waals surface area contributed by atoms with E-state index in [1.807, 2.05) is 26.8 Å². The fourth-order valence-corrected chi connectivity index (χ4v) is 8.59. The van der Waals surface area contributed by atoms with Gasteiger partial charge in [0.25, 0.3) is 0 Å². The van der Waals surface area contributed by atoms with Crippen molar-refractivity contribution in [3.63, 3.8) is 0 Å². The molecule has 0 saturated heterocycles. The van der Waals surface area contributed by atoms with Crippen molar-refractivity contribution in [1.29, 1.82) is 0 Å². The van der Waals surface area contributed by atoms with E-state index >= 15 is 0 Å². The number of likely N-dealkylation sites (N-methyl/N-ethyl adjacent to an activating group) is 1. The highest BCUT2D eigenvalue weighted by Gasteiger charge is 2.65. The van der Waals surface area contributed by atoms with Gasteiger partial charge in [0.1, 0.15) is 34.6 Å². The van der Waals surface area contributed by atoms with E-state index in [1.54, 1.807) is 56.6 Å². The zero-order valence-electron chi connectivity index (χ0n) is 35.9. The van der Waals surface area contributed by atoms with Crippen molar-refractivity contribution in [1.82, 2.24) is 4.90 Å². The van der Waals surface area contributed by atoms with E-state index in [2.05, 4.69) is 24.6 Å². The van der Waals surface area contributed by atoms with Gasteiger partial charge in [0, 0.05) is 44.2 Å². The minimum Gasteiger partial charge on any atom is -0.497 e. The number of unbranched alkanes of at least 4 members (excludes halogenated alkanes) is 2. The largest absolute Gasteiger partial charge is 0.497 e. The number of aliphatic hydroxyl groups excluding tert-OH is 2. The lowest BCUT2D eigenvalue weighted by molar-refractivity contribution is -0.253. The molecule has 2 aromatic rings. The average molecular weight is 834 g/mol. The Morgan fingerprint density at radius 2 is 1.73 bits per heavy atom. The number of hydrogen-bond acceptors (Lipinski definition) is 12. The summed E-state index contributed by atoms with van der Waals surface area (Å²) in [6, 6.07) is 9.57. The van der Waals surface area contributed by atoms with Crippen molar-refractivity contribution in [2.75, 3.05) is 53.0 Å². The molecule has 6 unspecified atom stereocenters. The number of methoxy groups -OCH3 is 2. The third-order valence-corrected chi connectivity index (χ3v) is 11.2. The number of aliphatic hydroxyl groups is 2. The zero-order chi connectivity index (χ0) is 43.5. The number of nitrogens with one attached hydrogen (secondary N) is 1. The molecule has 0 spiro atoms. The average Bonchev–Trinajstić information content (AvgIpc) is 3.23. The number of benzene rings is 2. The number of anilines is 1. The predicted molar refractivity (Wildman–Crippen MR) is 229 cm³/mol. The first-order chi connectivity index (χ1) is 28.8. The summed E-state index contributed by atoms with van der Waals surface area (Å²) in [5.74, 6) is -0.580. The Balaban J connectivity index is 1.69. The number of oxime groups is 1. The second-order valence-corrected chi connectivity index (χ2v) is 16.4. The smallest absolute Gasteiger partial charge is 0.417 e. The van der Waals surface area contributed by atoms with Crippen molar-refractivity contribution in [2.24, 2.45) is 22.9 Å². The number of carbonyl (C=O) groups is 2. The second kappa shape index (κ2) is 21.0. The molecular formula is C46H63N3O11. The Bertz CT molecular complexity index is 1870. The van der Waals surface area contributed by atoms with Crippen molar-refractivity contribution in [2.45, 2.75) is 95.5 Å². The van der Waals surface area contributed by atoms with Crippen molar-refractivity contribution in [3.05, 3.63) is 78.9 Å². The number of hydrogen-bond donors (Lipinski definition) is 3. The van der Waals surface area contributed by atoms with Gasteiger partial charge in [-0.15, -0.1) is 13.2 Å². The molecule has 60 heavy (non-hydrogen) atoms. The number of ether oxygens (including phenoxy) is 6. The van der Waals surface area contributed by atoms with Gasteiger partial charge in [0.15, 0.2) is 0 Å². The summed E-state index contributed by atoms with van der Waals surface area (Å²) in [4.78, 5) is 35.0. The van der Waals surface area contributed by atoms with Gasteiger partial charge in [-0.2, -0.15) is 0 Å². The molecule has 14 nitrogen and oxygen atoms in total. The number of nitrogens with zero attached hydrogens (tertiary/aromatic N) is 2. The minimum absolute atomic E-state index is 0.0166. The van der Waals surface area contributed by atoms with Crippen LogP contribution < -0.4 is 24.3 Å². The molecule has 14 heteroatoms. The summed E-state index contributed by atoms with van der Waals surface area (Å²) in [7, 11) is 4.72. The molecule has 3 aliphatic rings. The van der Waals surface area contributed by atoms with Gasteiger partial charge in [-0.05, 0) is 101 Å². The zero-order valence-corrected chi connectivity index (χ0v) is 35.9. The topological polar surface area (TPSA) is 167 Å². The van der Waals surface area contributed by atoms with Crippen molar-refractivity contribution >= 4 is 23.6 Å². The summed E-state index contributed by atoms with van der Waals surface area (Å²) in [6.07, 6.45) is 9.34. The van der Waals surface area contributed by atoms with Crippen LogP contribution in [0.15, 0.2) is 78.5 Å². The van der Waals surface area contributed by atoms with Crippen LogP contribution in [0, 0.1) is 17.8 Å². The van der Waals surface area contributed by atoms with Gasteiger partial charge in [-0.3, -0.25) is 5.32 Å². The van der Waals surface area contributed by atoms with Gasteiger partial charge in [0.2, 0.25) is 5.79 Å². The van der Waals surface area contributed by atoms with Crippen LogP contribution in [0.3, 0.4) is 0 Å². The van der Waals surface area contributed by atoms with Crippen LogP contribution in [-0.2, 0) is 14.3 Å². The maximum absolute atomic E-state index is 13.9. The van der Waals surface area contributed by atoms with Crippen molar-refractivity contribution in [3.8, 4) is 23.0 Å². The number of carbonyl (C=O) groups excluding carboxylic acids is 2. The summed E-state index contributed by atoms with van der Waals surface area (Å²) < 4.78 is 36.5. The number of rotatable bonds is 20. The molecule has 1 saturated carbocycles. The van der Waals surface area contributed by atoms with E-state index in [1.165, 1.54) is 12.0 Å². The number of amides is 2. The highest BCUT2D eigenvalue weighted by Crippen LogP contribution is 2.62. The lowest BCUT2D eigenvalue weighted by Gasteiger charge is -2.59. The molecule has 2 amide bonds. The van der Waals surface area contributed by atoms with Gasteiger partial charge in [-0.1, -0.05) is 36.2 Å². The molecule has 0 bridgehead atoms. The SMILES string of the molecule is C=CCCOC(=O)N(C)C1CC(=NOC(C)(C)C)C2=CC(CCCCO)C(CCCCO)C3c4cc(OC(=O)Nc5ccc(OC)cc5OC)ccc4OC1(OCC=C)C23. The van der Waals surface area contributed by atoms with E-state index in [-0.39, 0.29) is 56.4 Å². The quantitative estimate of drug-likeness (QED) is 0.0666. The Hall–Kier alpha value is -5.05. The number of fused-ring (bicyclic) bond motifs is 2. The second-order valence-electron chi connectivity index (χ2n) is 16.4. The molecule has 0 aromatic heterocycles. The highest BCUT2D eigenvalue weighted by molar-refractivity contribution is 6.03. The van der Waals surface area contributed by atoms with Crippen LogP contribution >= 0.6 is 0 Å². The maximum Gasteiger partial charge on any atom is 0.417 e. The van der Waals surface area contributed by atoms with Crippen LogP contribution in [0.25, 0.3) is 0 Å². The summed E-state index contributed by atoms with van der Waals surface area (Å²) in [6.45, 7) is 13.9. The van der Waals surface area contributed by atoms with Crippen LogP contribution in [0.1, 0.15) is 83.6 Å². The van der Waals surface area contributed by atoms with Crippen LogP contribution in [0.5, 0.6) is 23.0 Å². The molecule has 6 atom stereocenters. The predicted octanol–water partition coefficient (Wildman–Crippen LogP) is 8.39. The summed E-state index contributed by atoms with van der Waals surface area (Å²) in [5, 5.41) is 27.3. The first-order valence-corrected chi connectivity index (χ1v) is 20.8. The van der Waals surface area contributed by atoms with E-state index < -0.39 is 35.5 Å². The summed E-state index contributed by atoms with van der Waals surface area (Å²) in [5.41, 5.74) is 2.11. The third kappa shape index (κ3) is 10.6. The Labute approximate surface area is 354 Å². The Morgan fingerprint density at radius 3 is 2.40 bits per heavy atom. The van der Waals surface area contributed by atoms with Crippen LogP contribution in [0.2, 0.25) is 0 Å². The maximum atomic E-state index is 13.9. The van der Waals surface area contributed by atoms with E-state index in [9.17, 15) is 19.8 Å². The van der Waals surface area contributed by atoms with Gasteiger partial charge >= 0.3 is 12.2 Å². The monoisotopic (exact) mass is 833 g/mol. The van der Waals surface area contributed by atoms with E-state index in [4.69, 9.17) is 38.4 Å². The molecular weight excluding hydrogens is 771 g/mol. The highest BCUT2D eigenvalue weighted by atomic mass is 16.7. The summed E-state index contributed by atoms with van der Waals surface area (Å²) >= 11 is 0. The van der Waals surface area contributed by atoms with Gasteiger partial charge < -0.3 is 48.4 Å². The normalized spacial score (nSPS) is 23.5. The molecule has 0 radical (unpaired) electrons. The number of allylic oxidation sites excluding steroid dienone is 1. The molecule has 5 rings (SSSR count). The third-order valence-electron chi connectivity index (χ3n) is 11.2. The molecule has 328 valence electrons. The Morgan fingerprint density at radius 1 is 1.00 bits per heavy atom. The minimum atomic E-state index is -1.46. The molecule has 1 aliphatic heterocycles. The van der Waals surface area contributed by atoms with Crippen LogP contribution in [0.4, 0.5) is 15.3 Å². The molecule has 2 aliphatic carbocycles. The van der Waals surface area contributed by atoms with E-state index in [0.29, 0.717) is 47.9 Å². The fraction of sp³-hybridized carbons (Fsp3) is 0.543. The first kappa shape index (κ1) is 46.0. The Kier molecular flexibility index (Phi) is 16.1. The van der Waals surface area contributed by atoms with Crippen LogP contribution in [-0.4, -0.2) is 98.1 Å². The first-order valence-electron chi connectivity index (χ1n) is 20.8. The fourth-order valence-electron chi connectivity index (χ4n) is 8.59.